The van der Waals surface area contributed by atoms with Gasteiger partial charge >= 0.3 is 16.6 Å². The van der Waals surface area contributed by atoms with Crippen LogP contribution in [0.5, 0.6) is 0 Å². The van der Waals surface area contributed by atoms with E-state index in [0.717, 1.165) is 0 Å². The lowest BCUT2D eigenvalue weighted by Crippen LogP contribution is -2.29. The van der Waals surface area contributed by atoms with Gasteiger partial charge < -0.3 is 15.3 Å². The number of hydrogen-bond donors (Lipinski definition) is 2. The van der Waals surface area contributed by atoms with E-state index in [2.05, 4.69) is 0 Å². The lowest BCUT2D eigenvalue weighted by Gasteiger charge is -2.24. The minimum Gasteiger partial charge on any atom is -0.621 e. The third kappa shape index (κ3) is 2.06. The summed E-state index contributed by atoms with van der Waals surface area (Å²) in [5.41, 5.74) is 12.4. The molecule has 0 saturated carbocycles. The van der Waals surface area contributed by atoms with Crippen molar-refractivity contribution in [2.45, 2.75) is 6.92 Å². The number of hydrogen-bond acceptors (Lipinski definition) is 4. The Morgan fingerprint density at radius 3 is 2.77 bits per heavy atom. The van der Waals surface area contributed by atoms with Gasteiger partial charge in [0, 0.05) is 17.3 Å². The summed E-state index contributed by atoms with van der Waals surface area (Å²) in [6.07, 6.45) is 3.38. The molecule has 1 aliphatic rings. The largest absolute Gasteiger partial charge is 0.621 e. The lowest BCUT2D eigenvalue weighted by atomic mass is 9.86. The highest BCUT2D eigenvalue weighted by atomic mass is 27.1. The van der Waals surface area contributed by atoms with E-state index in [9.17, 15) is 4.79 Å². The maximum Gasteiger partial charge on any atom is 0.499 e. The summed E-state index contributed by atoms with van der Waals surface area (Å²) in [5.74, 6) is -0.575. The normalized spacial score (nSPS) is 27.5. The number of rotatable bonds is 1. The highest BCUT2D eigenvalue weighted by Crippen LogP contribution is 2.25. The van der Waals surface area contributed by atoms with Crippen molar-refractivity contribution >= 4 is 22.6 Å². The Balaban J connectivity index is 2.89. The van der Waals surface area contributed by atoms with Gasteiger partial charge in [0.15, 0.2) is 0 Å². The van der Waals surface area contributed by atoms with Crippen molar-refractivity contribution in [3.63, 3.8) is 0 Å². The van der Waals surface area contributed by atoms with Crippen LogP contribution in [0.1, 0.15) is 6.92 Å². The van der Waals surface area contributed by atoms with Crippen LogP contribution in [-0.2, 0) is 8.58 Å². The van der Waals surface area contributed by atoms with Crippen molar-refractivity contribution in [1.29, 1.82) is 0 Å². The molecule has 2 atom stereocenters. The third-order valence-corrected chi connectivity index (χ3v) is 2.65. The third-order valence-electron chi connectivity index (χ3n) is 2.24. The van der Waals surface area contributed by atoms with E-state index in [1.807, 2.05) is 6.92 Å². The van der Waals surface area contributed by atoms with E-state index < -0.39 is 0 Å². The predicted molar refractivity (Wildman–Crippen MR) is 51.8 cm³/mol. The lowest BCUT2D eigenvalue weighted by molar-refractivity contribution is -0.138. The molecule has 0 fully saturated rings. The topological polar surface area (TPSA) is 78.3 Å². The van der Waals surface area contributed by atoms with Crippen LogP contribution in [0.2, 0.25) is 0 Å². The Kier molecular flexibility index (Phi) is 3.02. The Hall–Kier alpha value is -0.918. The molecule has 0 spiro atoms. The Morgan fingerprint density at radius 1 is 1.62 bits per heavy atom. The minimum absolute atomic E-state index is 0.0197. The monoisotopic (exact) mass is 196 g/mol. The van der Waals surface area contributed by atoms with Crippen molar-refractivity contribution < 1.29 is 8.58 Å². The standard InChI is InChI=1S/C8H12N2O2.Al.2H/c1-4-6(8(11)12)2-5(9)3-7(4)10;;;/h2-4,6H,9-10H2,1H3,(H,11,12);;;/q;+1;;/p-1. The zero-order valence-electron chi connectivity index (χ0n) is 7.78. The fraction of sp³-hybridized carbons (Fsp3) is 0.375. The molecule has 0 bridgehead atoms. The fourth-order valence-corrected chi connectivity index (χ4v) is 1.61. The number of allylic oxidation sites excluding steroid dienone is 2. The molecule has 0 heterocycles. The van der Waals surface area contributed by atoms with Crippen LogP contribution in [0, 0.1) is 11.8 Å². The minimum atomic E-state index is -0.317. The Bertz CT molecular complexity index is 286. The van der Waals surface area contributed by atoms with Crippen molar-refractivity contribution in [3.05, 3.63) is 23.5 Å². The first-order valence-corrected chi connectivity index (χ1v) is 4.90. The Morgan fingerprint density at radius 2 is 2.23 bits per heavy atom. The van der Waals surface area contributed by atoms with Crippen LogP contribution in [0.3, 0.4) is 0 Å². The first-order valence-electron chi connectivity index (χ1n) is 4.08. The number of carbonyl (C=O) groups excluding carboxylic acids is 1. The molecule has 0 aromatic heterocycles. The average Bonchev–Trinajstić information content (AvgIpc) is 2.10. The summed E-state index contributed by atoms with van der Waals surface area (Å²) < 4.78 is 4.77. The van der Waals surface area contributed by atoms with Crippen molar-refractivity contribution in [3.8, 4) is 0 Å². The van der Waals surface area contributed by atoms with Crippen molar-refractivity contribution in [2.24, 2.45) is 23.3 Å². The van der Waals surface area contributed by atoms with Crippen LogP contribution < -0.4 is 11.5 Å². The molecule has 1 aliphatic carbocycles. The zero-order valence-corrected chi connectivity index (χ0v) is 9.78. The zero-order chi connectivity index (χ0) is 10.0. The molecule has 13 heavy (non-hydrogen) atoms. The summed E-state index contributed by atoms with van der Waals surface area (Å²) in [7, 11) is 0. The summed E-state index contributed by atoms with van der Waals surface area (Å²) in [6.45, 7) is 1.89. The van der Waals surface area contributed by atoms with E-state index in [1.54, 1.807) is 12.2 Å². The number of carbonyl (C=O) groups is 1. The van der Waals surface area contributed by atoms with Crippen LogP contribution >= 0.6 is 0 Å². The molecule has 4 N–H and O–H groups in total. The first kappa shape index (κ1) is 10.2. The van der Waals surface area contributed by atoms with Crippen LogP contribution in [-0.4, -0.2) is 22.6 Å². The second-order valence-electron chi connectivity index (χ2n) is 3.15. The quantitative estimate of drug-likeness (QED) is 0.529. The Labute approximate surface area is 85.4 Å². The van der Waals surface area contributed by atoms with Crippen molar-refractivity contribution in [2.75, 3.05) is 0 Å². The second kappa shape index (κ2) is 3.86. The molecule has 4 nitrogen and oxygen atoms in total. The van der Waals surface area contributed by atoms with Gasteiger partial charge in [-0.05, 0) is 12.2 Å². The maximum absolute atomic E-state index is 11.3. The molecule has 0 radical (unpaired) electrons. The van der Waals surface area contributed by atoms with Gasteiger partial charge in [-0.1, -0.05) is 6.92 Å². The molecular formula is C8H13AlN2O2. The molecule has 0 amide bonds. The summed E-state index contributed by atoms with van der Waals surface area (Å²) in [6, 6.07) is 0. The molecule has 2 unspecified atom stereocenters. The molecule has 0 aromatic rings. The van der Waals surface area contributed by atoms with Gasteiger partial charge in [0.25, 0.3) is 5.97 Å². The van der Waals surface area contributed by atoms with Gasteiger partial charge in [-0.25, -0.2) is 0 Å². The van der Waals surface area contributed by atoms with Gasteiger partial charge in [-0.15, -0.1) is 0 Å². The van der Waals surface area contributed by atoms with Gasteiger partial charge in [-0.2, -0.15) is 0 Å². The number of nitrogens with two attached hydrogens (primary N) is 2. The second-order valence-corrected chi connectivity index (χ2v) is 3.56. The highest BCUT2D eigenvalue weighted by Gasteiger charge is 2.27. The molecule has 0 aliphatic heterocycles. The van der Waals surface area contributed by atoms with Crippen LogP contribution in [0.25, 0.3) is 0 Å². The highest BCUT2D eigenvalue weighted by molar-refractivity contribution is 6.06. The molecule has 0 aromatic carbocycles. The maximum atomic E-state index is 11.3. The summed E-state index contributed by atoms with van der Waals surface area (Å²) in [5, 5.41) is 0. The molecule has 70 valence electrons. The van der Waals surface area contributed by atoms with Gasteiger partial charge in [0.1, 0.15) is 0 Å². The van der Waals surface area contributed by atoms with Gasteiger partial charge in [-0.3, -0.25) is 4.79 Å². The van der Waals surface area contributed by atoms with Crippen LogP contribution in [0.4, 0.5) is 0 Å². The van der Waals surface area contributed by atoms with E-state index >= 15 is 0 Å². The first-order chi connectivity index (χ1) is 6.06. The van der Waals surface area contributed by atoms with Crippen LogP contribution in [0.15, 0.2) is 23.5 Å². The van der Waals surface area contributed by atoms with Crippen molar-refractivity contribution in [1.82, 2.24) is 0 Å². The summed E-state index contributed by atoms with van der Waals surface area (Å²) in [4.78, 5) is 11.3. The van der Waals surface area contributed by atoms with E-state index in [0.29, 0.717) is 28.0 Å². The van der Waals surface area contributed by atoms with E-state index in [4.69, 9.17) is 15.3 Å². The van der Waals surface area contributed by atoms with Gasteiger partial charge in [0.2, 0.25) is 0 Å². The van der Waals surface area contributed by atoms with E-state index in [1.165, 1.54) is 0 Å². The average molecular weight is 196 g/mol. The van der Waals surface area contributed by atoms with E-state index in [-0.39, 0.29) is 17.8 Å². The molecule has 5 heteroatoms. The smallest absolute Gasteiger partial charge is 0.499 e. The fourth-order valence-electron chi connectivity index (χ4n) is 1.34. The molecular weight excluding hydrogens is 183 g/mol. The predicted octanol–water partition coefficient (Wildman–Crippen LogP) is -0.971. The summed E-state index contributed by atoms with van der Waals surface area (Å²) >= 11 is 0.404. The SMILES string of the molecule is CC1C(N)=CC(N)=CC1C(=O)[O][AlH2]. The molecule has 1 rings (SSSR count). The molecule has 0 saturated heterocycles. The van der Waals surface area contributed by atoms with Gasteiger partial charge in [0.05, 0.1) is 5.92 Å².